The van der Waals surface area contributed by atoms with Crippen molar-refractivity contribution in [3.63, 3.8) is 0 Å². The molecule has 4 nitrogen and oxygen atoms in total. The molecular formula is C17H23NO3. The summed E-state index contributed by atoms with van der Waals surface area (Å²) in [5.41, 5.74) is 3.78. The van der Waals surface area contributed by atoms with E-state index in [9.17, 15) is 9.59 Å². The third-order valence-electron chi connectivity index (χ3n) is 4.17. The third-order valence-corrected chi connectivity index (χ3v) is 4.17. The molecule has 21 heavy (non-hydrogen) atoms. The summed E-state index contributed by atoms with van der Waals surface area (Å²) in [6.07, 6.45) is 5.55. The Morgan fingerprint density at radius 2 is 1.95 bits per heavy atom. The number of hydrogen-bond donors (Lipinski definition) is 2. The lowest BCUT2D eigenvalue weighted by Crippen LogP contribution is -2.33. The van der Waals surface area contributed by atoms with Crippen molar-refractivity contribution in [2.45, 2.75) is 45.4 Å². The molecule has 0 aromatic heterocycles. The molecule has 0 fully saturated rings. The van der Waals surface area contributed by atoms with E-state index in [2.05, 4.69) is 17.4 Å². The fourth-order valence-electron chi connectivity index (χ4n) is 2.79. The van der Waals surface area contributed by atoms with Crippen molar-refractivity contribution in [3.8, 4) is 0 Å². The van der Waals surface area contributed by atoms with Crippen molar-refractivity contribution in [2.75, 3.05) is 6.54 Å². The van der Waals surface area contributed by atoms with Crippen LogP contribution in [0.25, 0.3) is 0 Å². The number of rotatable bonds is 6. The minimum Gasteiger partial charge on any atom is -0.481 e. The summed E-state index contributed by atoms with van der Waals surface area (Å²) in [5, 5.41) is 11.7. The van der Waals surface area contributed by atoms with Gasteiger partial charge in [-0.15, -0.1) is 0 Å². The predicted molar refractivity (Wildman–Crippen MR) is 81.2 cm³/mol. The monoisotopic (exact) mass is 289 g/mol. The van der Waals surface area contributed by atoms with Gasteiger partial charge in [0.1, 0.15) is 0 Å². The number of amides is 1. The predicted octanol–water partition coefficient (Wildman–Crippen LogP) is 2.33. The van der Waals surface area contributed by atoms with E-state index in [-0.39, 0.29) is 12.5 Å². The maximum absolute atomic E-state index is 11.9. The number of carboxylic acid groups (broad SMARTS) is 1. The molecule has 4 heteroatoms. The van der Waals surface area contributed by atoms with Crippen LogP contribution in [0.1, 0.15) is 42.9 Å². The summed E-state index contributed by atoms with van der Waals surface area (Å²) in [4.78, 5) is 22.8. The maximum atomic E-state index is 11.9. The van der Waals surface area contributed by atoms with E-state index in [0.29, 0.717) is 12.8 Å². The maximum Gasteiger partial charge on any atom is 0.308 e. The van der Waals surface area contributed by atoms with Crippen LogP contribution >= 0.6 is 0 Å². The summed E-state index contributed by atoms with van der Waals surface area (Å²) in [5.74, 6) is -1.46. The van der Waals surface area contributed by atoms with E-state index in [1.165, 1.54) is 24.0 Å². The number of hydrogen-bond acceptors (Lipinski definition) is 2. The van der Waals surface area contributed by atoms with E-state index in [1.54, 1.807) is 0 Å². The molecule has 0 spiro atoms. The minimum atomic E-state index is -0.855. The van der Waals surface area contributed by atoms with Gasteiger partial charge in [-0.05, 0) is 48.8 Å². The van der Waals surface area contributed by atoms with Crippen molar-refractivity contribution in [1.82, 2.24) is 5.32 Å². The molecular weight excluding hydrogens is 266 g/mol. The van der Waals surface area contributed by atoms with Crippen LogP contribution in [0.15, 0.2) is 18.2 Å². The molecule has 0 saturated carbocycles. The third kappa shape index (κ3) is 4.31. The van der Waals surface area contributed by atoms with Crippen molar-refractivity contribution < 1.29 is 14.7 Å². The average molecular weight is 289 g/mol. The van der Waals surface area contributed by atoms with Gasteiger partial charge in [0.15, 0.2) is 0 Å². The van der Waals surface area contributed by atoms with Crippen molar-refractivity contribution >= 4 is 11.9 Å². The summed E-state index contributed by atoms with van der Waals surface area (Å²) >= 11 is 0. The Morgan fingerprint density at radius 3 is 2.62 bits per heavy atom. The molecule has 1 aromatic carbocycles. The number of benzene rings is 1. The van der Waals surface area contributed by atoms with E-state index in [4.69, 9.17) is 5.11 Å². The Balaban J connectivity index is 1.89. The average Bonchev–Trinajstić information content (AvgIpc) is 2.47. The highest BCUT2D eigenvalue weighted by Gasteiger charge is 2.16. The standard InChI is InChI=1S/C17H23NO3/c1-2-13(17(20)21)11-18-16(19)10-12-7-8-14-5-3-4-6-15(14)9-12/h7-9,13H,2-6,10-11H2,1H3,(H,18,19)(H,20,21). The van der Waals surface area contributed by atoms with Crippen LogP contribution in [-0.4, -0.2) is 23.5 Å². The number of carbonyl (C=O) groups excluding carboxylic acids is 1. The first kappa shape index (κ1) is 15.5. The Hall–Kier alpha value is -1.84. The quantitative estimate of drug-likeness (QED) is 0.844. The lowest BCUT2D eigenvalue weighted by atomic mass is 9.90. The van der Waals surface area contributed by atoms with Gasteiger partial charge in [0.2, 0.25) is 5.91 Å². The zero-order valence-electron chi connectivity index (χ0n) is 12.5. The first-order valence-electron chi connectivity index (χ1n) is 7.70. The molecule has 114 valence electrons. The topological polar surface area (TPSA) is 66.4 Å². The lowest BCUT2D eigenvalue weighted by Gasteiger charge is -2.16. The van der Waals surface area contributed by atoms with Crippen molar-refractivity contribution in [2.24, 2.45) is 5.92 Å². The highest BCUT2D eigenvalue weighted by atomic mass is 16.4. The number of aliphatic carboxylic acids is 1. The minimum absolute atomic E-state index is 0.106. The van der Waals surface area contributed by atoms with Crippen molar-refractivity contribution in [3.05, 3.63) is 34.9 Å². The van der Waals surface area contributed by atoms with Crippen molar-refractivity contribution in [1.29, 1.82) is 0 Å². The highest BCUT2D eigenvalue weighted by molar-refractivity contribution is 5.79. The summed E-state index contributed by atoms with van der Waals surface area (Å²) < 4.78 is 0. The Morgan fingerprint density at radius 1 is 1.24 bits per heavy atom. The second kappa shape index (κ2) is 7.25. The molecule has 1 aliphatic rings. The van der Waals surface area contributed by atoms with Gasteiger partial charge in [-0.3, -0.25) is 9.59 Å². The zero-order chi connectivity index (χ0) is 15.2. The lowest BCUT2D eigenvalue weighted by molar-refractivity contribution is -0.141. The molecule has 1 atom stereocenters. The second-order valence-corrected chi connectivity index (χ2v) is 5.73. The number of carbonyl (C=O) groups is 2. The van der Waals surface area contributed by atoms with Gasteiger partial charge in [-0.1, -0.05) is 25.1 Å². The first-order valence-corrected chi connectivity index (χ1v) is 7.70. The zero-order valence-corrected chi connectivity index (χ0v) is 12.5. The Labute approximate surface area is 125 Å². The fourth-order valence-corrected chi connectivity index (χ4v) is 2.79. The number of carboxylic acids is 1. The number of nitrogens with one attached hydrogen (secondary N) is 1. The van der Waals surface area contributed by atoms with E-state index in [0.717, 1.165) is 18.4 Å². The molecule has 0 heterocycles. The Bertz CT molecular complexity index is 525. The van der Waals surface area contributed by atoms with Crippen LogP contribution in [-0.2, 0) is 28.9 Å². The normalized spacial score (nSPS) is 15.1. The van der Waals surface area contributed by atoms with Crippen LogP contribution < -0.4 is 5.32 Å². The number of aryl methyl sites for hydroxylation is 2. The van der Waals surface area contributed by atoms with Crippen LogP contribution in [0.3, 0.4) is 0 Å². The van der Waals surface area contributed by atoms with Crippen LogP contribution in [0, 0.1) is 5.92 Å². The molecule has 0 radical (unpaired) electrons. The second-order valence-electron chi connectivity index (χ2n) is 5.73. The van der Waals surface area contributed by atoms with E-state index in [1.807, 2.05) is 13.0 Å². The van der Waals surface area contributed by atoms with Crippen LogP contribution in [0.5, 0.6) is 0 Å². The smallest absolute Gasteiger partial charge is 0.308 e. The van der Waals surface area contributed by atoms with Gasteiger partial charge in [0.05, 0.1) is 12.3 Å². The summed E-state index contributed by atoms with van der Waals surface area (Å²) in [6.45, 7) is 2.02. The van der Waals surface area contributed by atoms with Gasteiger partial charge in [-0.2, -0.15) is 0 Å². The number of fused-ring (bicyclic) bond motifs is 1. The van der Waals surface area contributed by atoms with Gasteiger partial charge < -0.3 is 10.4 Å². The first-order chi connectivity index (χ1) is 10.1. The van der Waals surface area contributed by atoms with Gasteiger partial charge >= 0.3 is 5.97 Å². The Kier molecular flexibility index (Phi) is 5.37. The van der Waals surface area contributed by atoms with E-state index >= 15 is 0 Å². The molecule has 1 unspecified atom stereocenters. The molecule has 0 bridgehead atoms. The summed E-state index contributed by atoms with van der Waals surface area (Å²) in [6, 6.07) is 6.27. The molecule has 0 aliphatic heterocycles. The van der Waals surface area contributed by atoms with Crippen LogP contribution in [0.2, 0.25) is 0 Å². The molecule has 0 saturated heterocycles. The van der Waals surface area contributed by atoms with Crippen LogP contribution in [0.4, 0.5) is 0 Å². The molecule has 1 aromatic rings. The summed E-state index contributed by atoms with van der Waals surface area (Å²) in [7, 11) is 0. The van der Waals surface area contributed by atoms with E-state index < -0.39 is 11.9 Å². The van der Waals surface area contributed by atoms with Gasteiger partial charge in [0.25, 0.3) is 0 Å². The van der Waals surface area contributed by atoms with Gasteiger partial charge in [-0.25, -0.2) is 0 Å². The SMILES string of the molecule is CCC(CNC(=O)Cc1ccc2c(c1)CCCC2)C(=O)O. The molecule has 1 amide bonds. The highest BCUT2D eigenvalue weighted by Crippen LogP contribution is 2.22. The fraction of sp³-hybridized carbons (Fsp3) is 0.529. The molecule has 2 N–H and O–H groups in total. The molecule has 1 aliphatic carbocycles. The largest absolute Gasteiger partial charge is 0.481 e. The molecule has 2 rings (SSSR count). The van der Waals surface area contributed by atoms with Gasteiger partial charge in [0, 0.05) is 6.54 Å².